The largest absolute Gasteiger partial charge is 0.335 e. The Morgan fingerprint density at radius 1 is 1.33 bits per heavy atom. The number of aromatic nitrogens is 2. The molecule has 1 aromatic carbocycles. The summed E-state index contributed by atoms with van der Waals surface area (Å²) in [6.45, 7) is 3.11. The van der Waals surface area contributed by atoms with Crippen molar-refractivity contribution in [3.05, 3.63) is 51.6 Å². The zero-order valence-electron chi connectivity index (χ0n) is 10.7. The molecule has 1 unspecified atom stereocenters. The predicted molar refractivity (Wildman–Crippen MR) is 82.6 cm³/mol. The lowest BCUT2D eigenvalue weighted by molar-refractivity contribution is 0.553. The standard InChI is InChI=1S/C14H18IN3/c1-3-18-9-8-17-14(18)10-13(16-2)11-4-6-12(15)7-5-11/h4-9,13,16H,3,10H2,1-2H3. The Kier molecular flexibility index (Phi) is 4.77. The summed E-state index contributed by atoms with van der Waals surface area (Å²) in [6, 6.07) is 8.97. The molecule has 0 aliphatic rings. The molecule has 1 N–H and O–H groups in total. The highest BCUT2D eigenvalue weighted by molar-refractivity contribution is 14.1. The minimum atomic E-state index is 0.315. The van der Waals surface area contributed by atoms with Gasteiger partial charge >= 0.3 is 0 Å². The van der Waals surface area contributed by atoms with E-state index in [-0.39, 0.29) is 0 Å². The van der Waals surface area contributed by atoms with E-state index in [1.165, 1.54) is 9.13 Å². The maximum absolute atomic E-state index is 4.44. The smallest absolute Gasteiger partial charge is 0.110 e. The first-order chi connectivity index (χ1) is 8.74. The SMILES string of the molecule is CCn1ccnc1CC(NC)c1ccc(I)cc1. The van der Waals surface area contributed by atoms with E-state index < -0.39 is 0 Å². The maximum Gasteiger partial charge on any atom is 0.110 e. The molecule has 0 saturated heterocycles. The molecule has 1 aromatic heterocycles. The molecule has 0 bridgehead atoms. The predicted octanol–water partition coefficient (Wildman–Crippen LogP) is 3.01. The maximum atomic E-state index is 4.44. The molecule has 18 heavy (non-hydrogen) atoms. The van der Waals surface area contributed by atoms with Gasteiger partial charge in [0.15, 0.2) is 0 Å². The molecule has 3 nitrogen and oxygen atoms in total. The quantitative estimate of drug-likeness (QED) is 0.836. The van der Waals surface area contributed by atoms with Crippen LogP contribution in [0.4, 0.5) is 0 Å². The summed E-state index contributed by atoms with van der Waals surface area (Å²) in [7, 11) is 2.00. The van der Waals surface area contributed by atoms with Crippen molar-refractivity contribution in [1.82, 2.24) is 14.9 Å². The van der Waals surface area contributed by atoms with Gasteiger partial charge in [-0.2, -0.15) is 0 Å². The van der Waals surface area contributed by atoms with Gasteiger partial charge in [-0.3, -0.25) is 0 Å². The molecule has 2 rings (SSSR count). The number of imidazole rings is 1. The first-order valence-electron chi connectivity index (χ1n) is 6.17. The third-order valence-corrected chi connectivity index (χ3v) is 3.87. The molecule has 96 valence electrons. The number of halogens is 1. The summed E-state index contributed by atoms with van der Waals surface area (Å²) in [5, 5.41) is 3.37. The molecule has 0 saturated carbocycles. The summed E-state index contributed by atoms with van der Waals surface area (Å²) in [4.78, 5) is 4.44. The topological polar surface area (TPSA) is 29.9 Å². The van der Waals surface area contributed by atoms with E-state index in [1.807, 2.05) is 19.4 Å². The third kappa shape index (κ3) is 3.11. The van der Waals surface area contributed by atoms with E-state index in [2.05, 4.69) is 68.6 Å². The van der Waals surface area contributed by atoms with Crippen molar-refractivity contribution in [2.24, 2.45) is 0 Å². The number of benzene rings is 1. The van der Waals surface area contributed by atoms with E-state index in [4.69, 9.17) is 0 Å². The molecule has 1 atom stereocenters. The summed E-state index contributed by atoms with van der Waals surface area (Å²) < 4.78 is 3.46. The zero-order chi connectivity index (χ0) is 13.0. The van der Waals surface area contributed by atoms with Crippen LogP contribution in [-0.4, -0.2) is 16.6 Å². The molecule has 1 heterocycles. The molecule has 4 heteroatoms. The van der Waals surface area contributed by atoms with Crippen molar-refractivity contribution >= 4 is 22.6 Å². The Bertz CT molecular complexity index is 490. The fourth-order valence-electron chi connectivity index (χ4n) is 2.08. The van der Waals surface area contributed by atoms with E-state index in [1.54, 1.807) is 0 Å². The van der Waals surface area contributed by atoms with E-state index in [9.17, 15) is 0 Å². The minimum Gasteiger partial charge on any atom is -0.335 e. The first-order valence-corrected chi connectivity index (χ1v) is 7.25. The monoisotopic (exact) mass is 355 g/mol. The Balaban J connectivity index is 2.17. The van der Waals surface area contributed by atoms with E-state index in [0.717, 1.165) is 18.8 Å². The Labute approximate surface area is 122 Å². The van der Waals surface area contributed by atoms with E-state index >= 15 is 0 Å². The van der Waals surface area contributed by atoms with Crippen molar-refractivity contribution in [3.63, 3.8) is 0 Å². The number of hydrogen-bond donors (Lipinski definition) is 1. The van der Waals surface area contributed by atoms with Crippen LogP contribution >= 0.6 is 22.6 Å². The second-order valence-corrected chi connectivity index (χ2v) is 5.47. The van der Waals surface area contributed by atoms with Crippen molar-refractivity contribution in [2.75, 3.05) is 7.05 Å². The van der Waals surface area contributed by atoms with Crippen LogP contribution in [0.2, 0.25) is 0 Å². The van der Waals surface area contributed by atoms with Gasteiger partial charge < -0.3 is 9.88 Å². The fraction of sp³-hybridized carbons (Fsp3) is 0.357. The first kappa shape index (κ1) is 13.5. The van der Waals surface area contributed by atoms with Crippen molar-refractivity contribution in [1.29, 1.82) is 0 Å². The molecule has 0 amide bonds. The number of rotatable bonds is 5. The number of nitrogens with one attached hydrogen (secondary N) is 1. The fourth-order valence-corrected chi connectivity index (χ4v) is 2.44. The van der Waals surface area contributed by atoms with Gasteiger partial charge in [0.1, 0.15) is 5.82 Å². The lowest BCUT2D eigenvalue weighted by Gasteiger charge is -2.17. The molecule has 0 fully saturated rings. The van der Waals surface area contributed by atoms with Gasteiger partial charge in [-0.05, 0) is 54.3 Å². The third-order valence-electron chi connectivity index (χ3n) is 3.15. The highest BCUT2D eigenvalue weighted by Gasteiger charge is 2.13. The summed E-state index contributed by atoms with van der Waals surface area (Å²) >= 11 is 2.33. The second-order valence-electron chi connectivity index (χ2n) is 4.23. The molecule has 0 radical (unpaired) electrons. The average molecular weight is 355 g/mol. The van der Waals surface area contributed by atoms with Gasteiger partial charge in [-0.25, -0.2) is 4.98 Å². The van der Waals surface area contributed by atoms with Crippen molar-refractivity contribution in [2.45, 2.75) is 25.9 Å². The van der Waals surface area contributed by atoms with Crippen LogP contribution in [0.15, 0.2) is 36.7 Å². The van der Waals surface area contributed by atoms with Crippen LogP contribution in [0.1, 0.15) is 24.4 Å². The number of hydrogen-bond acceptors (Lipinski definition) is 2. The van der Waals surface area contributed by atoms with Crippen LogP contribution in [0, 0.1) is 3.57 Å². The van der Waals surface area contributed by atoms with Gasteiger partial charge in [0.05, 0.1) is 0 Å². The summed E-state index contributed by atoms with van der Waals surface area (Å²) in [5.41, 5.74) is 1.31. The number of nitrogens with zero attached hydrogens (tertiary/aromatic N) is 2. The van der Waals surface area contributed by atoms with E-state index in [0.29, 0.717) is 6.04 Å². The normalized spacial score (nSPS) is 12.6. The molecule has 0 spiro atoms. The molecular formula is C14H18IN3. The summed E-state index contributed by atoms with van der Waals surface area (Å²) in [5.74, 6) is 1.13. The minimum absolute atomic E-state index is 0.315. The van der Waals surface area contributed by atoms with Crippen molar-refractivity contribution < 1.29 is 0 Å². The van der Waals surface area contributed by atoms with Crippen LogP contribution in [0.25, 0.3) is 0 Å². The molecule has 0 aliphatic heterocycles. The lowest BCUT2D eigenvalue weighted by atomic mass is 10.0. The Hall–Kier alpha value is -0.880. The molecule has 2 aromatic rings. The second kappa shape index (κ2) is 6.33. The average Bonchev–Trinajstić information content (AvgIpc) is 2.84. The molecule has 0 aliphatic carbocycles. The van der Waals surface area contributed by atoms with Gasteiger partial charge in [0.2, 0.25) is 0 Å². The Morgan fingerprint density at radius 2 is 2.06 bits per heavy atom. The molecular weight excluding hydrogens is 337 g/mol. The summed E-state index contributed by atoms with van der Waals surface area (Å²) in [6.07, 6.45) is 4.83. The highest BCUT2D eigenvalue weighted by atomic mass is 127. The van der Waals surface area contributed by atoms with Crippen LogP contribution in [0.3, 0.4) is 0 Å². The highest BCUT2D eigenvalue weighted by Crippen LogP contribution is 2.18. The number of aryl methyl sites for hydroxylation is 1. The zero-order valence-corrected chi connectivity index (χ0v) is 12.9. The lowest BCUT2D eigenvalue weighted by Crippen LogP contribution is -2.20. The van der Waals surface area contributed by atoms with Gasteiger partial charge in [0.25, 0.3) is 0 Å². The van der Waals surface area contributed by atoms with Crippen LogP contribution in [0.5, 0.6) is 0 Å². The van der Waals surface area contributed by atoms with Crippen LogP contribution in [-0.2, 0) is 13.0 Å². The Morgan fingerprint density at radius 3 is 2.67 bits per heavy atom. The van der Waals surface area contributed by atoms with Gasteiger partial charge in [0, 0.05) is 35.0 Å². The number of likely N-dealkylation sites (N-methyl/N-ethyl adjacent to an activating group) is 1. The van der Waals surface area contributed by atoms with Crippen molar-refractivity contribution in [3.8, 4) is 0 Å². The van der Waals surface area contributed by atoms with Crippen LogP contribution < -0.4 is 5.32 Å². The van der Waals surface area contributed by atoms with Gasteiger partial charge in [-0.1, -0.05) is 12.1 Å². The van der Waals surface area contributed by atoms with Gasteiger partial charge in [-0.15, -0.1) is 0 Å².